The number of likely N-dealkylation sites (N-methyl/N-ethyl adjacent to an activating group) is 1. The summed E-state index contributed by atoms with van der Waals surface area (Å²) in [4.78, 5) is 6.65. The van der Waals surface area contributed by atoms with Crippen LogP contribution < -0.4 is 10.6 Å². The van der Waals surface area contributed by atoms with Gasteiger partial charge in [0.1, 0.15) is 0 Å². The number of rotatable bonds is 13. The van der Waals surface area contributed by atoms with E-state index in [4.69, 9.17) is 9.47 Å². The number of methoxy groups -OCH3 is 1. The Hall–Kier alpha value is -0.850. The molecule has 0 aliphatic carbocycles. The van der Waals surface area contributed by atoms with Gasteiger partial charge in [0, 0.05) is 40.4 Å². The molecule has 0 rings (SSSR count). The summed E-state index contributed by atoms with van der Waals surface area (Å²) in [6.07, 6.45) is 2.16. The normalized spacial score (nSPS) is 12.0. The van der Waals surface area contributed by atoms with E-state index < -0.39 is 0 Å². The number of hydrogen-bond acceptors (Lipinski definition) is 4. The molecule has 0 aromatic heterocycles. The molecular formula is C15H34N4O2. The minimum Gasteiger partial charge on any atom is -0.382 e. The lowest BCUT2D eigenvalue weighted by molar-refractivity contribution is 0.0698. The molecule has 0 radical (unpaired) electrons. The van der Waals surface area contributed by atoms with Crippen molar-refractivity contribution in [2.24, 2.45) is 4.99 Å². The van der Waals surface area contributed by atoms with E-state index in [-0.39, 0.29) is 0 Å². The van der Waals surface area contributed by atoms with Crippen molar-refractivity contribution in [1.82, 2.24) is 15.5 Å². The lowest BCUT2D eigenvalue weighted by atomic mass is 10.4. The van der Waals surface area contributed by atoms with Crippen LogP contribution >= 0.6 is 0 Å². The van der Waals surface area contributed by atoms with Gasteiger partial charge < -0.3 is 25.0 Å². The first-order valence-electron chi connectivity index (χ1n) is 8.02. The lowest BCUT2D eigenvalue weighted by Gasteiger charge is -2.20. The number of ether oxygens (including phenoxy) is 2. The van der Waals surface area contributed by atoms with Crippen LogP contribution in [0.4, 0.5) is 0 Å². The van der Waals surface area contributed by atoms with Crippen molar-refractivity contribution in [1.29, 1.82) is 0 Å². The molecule has 0 unspecified atom stereocenters. The molecule has 21 heavy (non-hydrogen) atoms. The Kier molecular flexibility index (Phi) is 14.9. The van der Waals surface area contributed by atoms with Gasteiger partial charge in [0.25, 0.3) is 0 Å². The molecule has 6 nitrogen and oxygen atoms in total. The highest BCUT2D eigenvalue weighted by Gasteiger charge is 2.01. The number of hydrogen-bond donors (Lipinski definition) is 2. The number of guanidine groups is 1. The van der Waals surface area contributed by atoms with Crippen LogP contribution in [0.2, 0.25) is 0 Å². The highest BCUT2D eigenvalue weighted by Crippen LogP contribution is 1.89. The molecule has 0 aliphatic rings. The fraction of sp³-hybridized carbons (Fsp3) is 0.933. The van der Waals surface area contributed by atoms with Crippen LogP contribution in [0.15, 0.2) is 4.99 Å². The van der Waals surface area contributed by atoms with Crippen LogP contribution in [-0.4, -0.2) is 77.6 Å². The second-order valence-corrected chi connectivity index (χ2v) is 4.82. The average Bonchev–Trinajstić information content (AvgIpc) is 2.51. The van der Waals surface area contributed by atoms with Gasteiger partial charge in [-0.2, -0.15) is 0 Å². The largest absolute Gasteiger partial charge is 0.382 e. The summed E-state index contributed by atoms with van der Waals surface area (Å²) in [6.45, 7) is 11.5. The fourth-order valence-corrected chi connectivity index (χ4v) is 1.92. The standard InChI is InChI=1S/C15H34N4O2/c1-5-10-19(6-2)11-9-18-15(16-3)17-8-7-12-21-14-13-20-4/h5-14H2,1-4H3,(H2,16,17,18). The van der Waals surface area contributed by atoms with Crippen molar-refractivity contribution in [3.8, 4) is 0 Å². The SMILES string of the molecule is CCCN(CC)CCNC(=NC)NCCCOCCOC. The fourth-order valence-electron chi connectivity index (χ4n) is 1.92. The number of nitrogens with zero attached hydrogens (tertiary/aromatic N) is 2. The summed E-state index contributed by atoms with van der Waals surface area (Å²) >= 11 is 0. The zero-order valence-corrected chi connectivity index (χ0v) is 14.3. The van der Waals surface area contributed by atoms with Gasteiger partial charge in [-0.25, -0.2) is 0 Å². The molecule has 0 aliphatic heterocycles. The summed E-state index contributed by atoms with van der Waals surface area (Å²) in [5.74, 6) is 0.861. The molecule has 126 valence electrons. The summed E-state index contributed by atoms with van der Waals surface area (Å²) in [5, 5.41) is 6.63. The first-order valence-corrected chi connectivity index (χ1v) is 8.02. The molecule has 0 aromatic rings. The maximum absolute atomic E-state index is 5.41. The number of aliphatic imine (C=N–C) groups is 1. The lowest BCUT2D eigenvalue weighted by Crippen LogP contribution is -2.42. The van der Waals surface area contributed by atoms with E-state index in [1.165, 1.54) is 6.42 Å². The van der Waals surface area contributed by atoms with E-state index in [0.717, 1.165) is 51.7 Å². The van der Waals surface area contributed by atoms with Gasteiger partial charge in [0.15, 0.2) is 5.96 Å². The second-order valence-electron chi connectivity index (χ2n) is 4.82. The third-order valence-electron chi connectivity index (χ3n) is 3.12. The van der Waals surface area contributed by atoms with Gasteiger partial charge in [-0.1, -0.05) is 13.8 Å². The Bertz CT molecular complexity index is 250. The minimum atomic E-state index is 0.655. The molecule has 6 heteroatoms. The third-order valence-corrected chi connectivity index (χ3v) is 3.12. The van der Waals surface area contributed by atoms with Gasteiger partial charge >= 0.3 is 0 Å². The Morgan fingerprint density at radius 3 is 2.43 bits per heavy atom. The smallest absolute Gasteiger partial charge is 0.191 e. The van der Waals surface area contributed by atoms with Gasteiger partial charge in [-0.05, 0) is 25.9 Å². The predicted molar refractivity (Wildman–Crippen MR) is 89.1 cm³/mol. The maximum Gasteiger partial charge on any atom is 0.191 e. The van der Waals surface area contributed by atoms with Crippen molar-refractivity contribution >= 4 is 5.96 Å². The monoisotopic (exact) mass is 302 g/mol. The highest BCUT2D eigenvalue weighted by atomic mass is 16.5. The van der Waals surface area contributed by atoms with E-state index in [1.54, 1.807) is 14.2 Å². The van der Waals surface area contributed by atoms with Crippen molar-refractivity contribution in [2.45, 2.75) is 26.7 Å². The second kappa shape index (κ2) is 15.5. The Labute approximate surface area is 130 Å². The highest BCUT2D eigenvalue weighted by molar-refractivity contribution is 5.79. The zero-order valence-electron chi connectivity index (χ0n) is 14.3. The molecule has 0 atom stereocenters. The average molecular weight is 302 g/mol. The van der Waals surface area contributed by atoms with Gasteiger partial charge in [0.05, 0.1) is 13.2 Å². The van der Waals surface area contributed by atoms with Gasteiger partial charge in [0.2, 0.25) is 0 Å². The minimum absolute atomic E-state index is 0.655. The molecule has 0 saturated heterocycles. The van der Waals surface area contributed by atoms with Crippen molar-refractivity contribution in [2.75, 3.05) is 66.7 Å². The Morgan fingerprint density at radius 2 is 1.81 bits per heavy atom. The van der Waals surface area contributed by atoms with Crippen molar-refractivity contribution < 1.29 is 9.47 Å². The van der Waals surface area contributed by atoms with E-state index in [0.29, 0.717) is 13.2 Å². The summed E-state index contributed by atoms with van der Waals surface area (Å²) in [5.41, 5.74) is 0. The van der Waals surface area contributed by atoms with Crippen LogP contribution in [0.25, 0.3) is 0 Å². The van der Waals surface area contributed by atoms with Crippen LogP contribution in [0.1, 0.15) is 26.7 Å². The van der Waals surface area contributed by atoms with Gasteiger partial charge in [-0.15, -0.1) is 0 Å². The maximum atomic E-state index is 5.41. The molecular weight excluding hydrogens is 268 g/mol. The van der Waals surface area contributed by atoms with Crippen LogP contribution in [-0.2, 0) is 9.47 Å². The first-order chi connectivity index (χ1) is 10.3. The molecule has 2 N–H and O–H groups in total. The van der Waals surface area contributed by atoms with Crippen molar-refractivity contribution in [3.05, 3.63) is 0 Å². The Morgan fingerprint density at radius 1 is 1.05 bits per heavy atom. The molecule has 0 heterocycles. The number of nitrogens with one attached hydrogen (secondary N) is 2. The van der Waals surface area contributed by atoms with Crippen LogP contribution in [0.3, 0.4) is 0 Å². The topological polar surface area (TPSA) is 58.1 Å². The molecule has 0 amide bonds. The molecule has 0 saturated carbocycles. The molecule has 0 fully saturated rings. The molecule has 0 bridgehead atoms. The molecule has 0 spiro atoms. The summed E-state index contributed by atoms with van der Waals surface area (Å²) in [7, 11) is 3.48. The third kappa shape index (κ3) is 12.6. The zero-order chi connectivity index (χ0) is 15.8. The predicted octanol–water partition coefficient (Wildman–Crippen LogP) is 0.936. The van der Waals surface area contributed by atoms with Crippen molar-refractivity contribution in [3.63, 3.8) is 0 Å². The van der Waals surface area contributed by atoms with E-state index in [9.17, 15) is 0 Å². The summed E-state index contributed by atoms with van der Waals surface area (Å²) < 4.78 is 10.3. The summed E-state index contributed by atoms with van der Waals surface area (Å²) in [6, 6.07) is 0. The Balaban J connectivity index is 3.58. The van der Waals surface area contributed by atoms with Crippen LogP contribution in [0, 0.1) is 0 Å². The quantitative estimate of drug-likeness (QED) is 0.301. The van der Waals surface area contributed by atoms with E-state index in [1.807, 2.05) is 0 Å². The molecule has 0 aromatic carbocycles. The first kappa shape index (κ1) is 20.1. The van der Waals surface area contributed by atoms with Gasteiger partial charge in [-0.3, -0.25) is 4.99 Å². The van der Waals surface area contributed by atoms with E-state index >= 15 is 0 Å². The van der Waals surface area contributed by atoms with Crippen LogP contribution in [0.5, 0.6) is 0 Å². The van der Waals surface area contributed by atoms with E-state index in [2.05, 4.69) is 34.4 Å².